The first-order valence-electron chi connectivity index (χ1n) is 8.18. The summed E-state index contributed by atoms with van der Waals surface area (Å²) in [5.41, 5.74) is 0. The number of nitrogens with zero attached hydrogens (tertiary/aromatic N) is 2. The molecule has 2 aliphatic heterocycles. The molecule has 2 heterocycles. The van der Waals surface area contributed by atoms with Crippen LogP contribution in [-0.4, -0.2) is 47.8 Å². The largest absolute Gasteiger partial charge is 0.343 e. The average Bonchev–Trinajstić information content (AvgIpc) is 2.48. The van der Waals surface area contributed by atoms with Crippen LogP contribution in [0.5, 0.6) is 0 Å². The highest BCUT2D eigenvalue weighted by Gasteiger charge is 2.31. The van der Waals surface area contributed by atoms with E-state index in [1.165, 1.54) is 0 Å². The minimum Gasteiger partial charge on any atom is -0.343 e. The molecule has 0 aromatic heterocycles. The molecule has 2 saturated heterocycles. The summed E-state index contributed by atoms with van der Waals surface area (Å²) in [5, 5.41) is 0. The molecule has 0 atom stereocenters. The molecule has 2 fully saturated rings. The second kappa shape index (κ2) is 7.09. The highest BCUT2D eigenvalue weighted by Crippen LogP contribution is 2.23. The van der Waals surface area contributed by atoms with Gasteiger partial charge in [-0.15, -0.1) is 0 Å². The number of carbonyl (C=O) groups excluding carboxylic acids is 2. The quantitative estimate of drug-likeness (QED) is 0.796. The summed E-state index contributed by atoms with van der Waals surface area (Å²) in [7, 11) is 0. The number of amides is 2. The Bertz CT molecular complexity index is 340. The molecule has 4 nitrogen and oxygen atoms in total. The van der Waals surface area contributed by atoms with E-state index in [-0.39, 0.29) is 11.8 Å². The minimum absolute atomic E-state index is 0.147. The fourth-order valence-corrected chi connectivity index (χ4v) is 3.23. The lowest BCUT2D eigenvalue weighted by atomic mass is 9.92. The fourth-order valence-electron chi connectivity index (χ4n) is 3.23. The van der Waals surface area contributed by atoms with Crippen molar-refractivity contribution in [3.05, 3.63) is 0 Å². The molecule has 0 saturated carbocycles. The van der Waals surface area contributed by atoms with Gasteiger partial charge in [0.1, 0.15) is 0 Å². The van der Waals surface area contributed by atoms with Crippen molar-refractivity contribution in [1.82, 2.24) is 9.80 Å². The van der Waals surface area contributed by atoms with E-state index in [0.717, 1.165) is 64.2 Å². The van der Waals surface area contributed by atoms with Crippen molar-refractivity contribution in [3.8, 4) is 0 Å². The lowest BCUT2D eigenvalue weighted by Crippen LogP contribution is -2.46. The molecular weight excluding hydrogens is 252 g/mol. The van der Waals surface area contributed by atoms with Crippen LogP contribution >= 0.6 is 0 Å². The second-order valence-corrected chi connectivity index (χ2v) is 6.41. The Morgan fingerprint density at radius 2 is 1.50 bits per heavy atom. The van der Waals surface area contributed by atoms with Crippen LogP contribution in [0.4, 0.5) is 0 Å². The molecule has 0 N–H and O–H groups in total. The number of hydrogen-bond donors (Lipinski definition) is 0. The van der Waals surface area contributed by atoms with E-state index in [1.54, 1.807) is 0 Å². The van der Waals surface area contributed by atoms with Crippen molar-refractivity contribution in [2.24, 2.45) is 11.8 Å². The van der Waals surface area contributed by atoms with Crippen molar-refractivity contribution >= 4 is 11.8 Å². The molecule has 0 aromatic rings. The number of rotatable bonds is 3. The minimum atomic E-state index is 0.147. The summed E-state index contributed by atoms with van der Waals surface area (Å²) in [6.07, 6.45) is 5.52. The lowest BCUT2D eigenvalue weighted by Gasteiger charge is -2.36. The predicted molar refractivity (Wildman–Crippen MR) is 79.2 cm³/mol. The molecule has 2 rings (SSSR count). The first kappa shape index (κ1) is 15.3. The Morgan fingerprint density at radius 3 is 2.05 bits per heavy atom. The Morgan fingerprint density at radius 1 is 0.950 bits per heavy atom. The van der Waals surface area contributed by atoms with Gasteiger partial charge in [-0.25, -0.2) is 0 Å². The lowest BCUT2D eigenvalue weighted by molar-refractivity contribution is -0.141. The van der Waals surface area contributed by atoms with E-state index < -0.39 is 0 Å². The van der Waals surface area contributed by atoms with Crippen molar-refractivity contribution in [3.63, 3.8) is 0 Å². The molecule has 0 spiro atoms. The molecule has 114 valence electrons. The molecule has 20 heavy (non-hydrogen) atoms. The second-order valence-electron chi connectivity index (χ2n) is 6.41. The van der Waals surface area contributed by atoms with Gasteiger partial charge in [0.25, 0.3) is 0 Å². The highest BCUT2D eigenvalue weighted by atomic mass is 16.2. The standard InChI is InChI=1S/C16H28N2O2/c1-3-4-15(19)17-11-7-14(8-12-17)16(20)18-9-5-13(2)6-10-18/h13-14H,3-12H2,1-2H3. The van der Waals surface area contributed by atoms with Gasteiger partial charge in [0, 0.05) is 38.5 Å². The Hall–Kier alpha value is -1.06. The molecule has 0 unspecified atom stereocenters. The molecule has 0 aromatic carbocycles. The number of hydrogen-bond acceptors (Lipinski definition) is 2. The zero-order valence-corrected chi connectivity index (χ0v) is 12.9. The van der Waals surface area contributed by atoms with Gasteiger partial charge in [0.2, 0.25) is 11.8 Å². The third-order valence-corrected chi connectivity index (χ3v) is 4.76. The van der Waals surface area contributed by atoms with Gasteiger partial charge in [-0.2, -0.15) is 0 Å². The van der Waals surface area contributed by atoms with E-state index >= 15 is 0 Å². The number of carbonyl (C=O) groups is 2. The Labute approximate surface area is 122 Å². The summed E-state index contributed by atoms with van der Waals surface area (Å²) < 4.78 is 0. The van der Waals surface area contributed by atoms with Crippen molar-refractivity contribution in [2.75, 3.05) is 26.2 Å². The fraction of sp³-hybridized carbons (Fsp3) is 0.875. The maximum Gasteiger partial charge on any atom is 0.225 e. The summed E-state index contributed by atoms with van der Waals surface area (Å²) in [6.45, 7) is 7.67. The summed E-state index contributed by atoms with van der Waals surface area (Å²) in [4.78, 5) is 28.3. The van der Waals surface area contributed by atoms with Crippen LogP contribution < -0.4 is 0 Å². The highest BCUT2D eigenvalue weighted by molar-refractivity contribution is 5.80. The van der Waals surface area contributed by atoms with Crippen LogP contribution in [0.15, 0.2) is 0 Å². The number of piperidine rings is 2. The van der Waals surface area contributed by atoms with Gasteiger partial charge in [-0.3, -0.25) is 9.59 Å². The molecule has 4 heteroatoms. The van der Waals surface area contributed by atoms with Crippen molar-refractivity contribution < 1.29 is 9.59 Å². The Kier molecular flexibility index (Phi) is 5.44. The normalized spacial score (nSPS) is 22.1. The first-order valence-corrected chi connectivity index (χ1v) is 8.18. The number of likely N-dealkylation sites (tertiary alicyclic amines) is 2. The Balaban J connectivity index is 1.78. The van der Waals surface area contributed by atoms with Crippen LogP contribution in [0.1, 0.15) is 52.4 Å². The monoisotopic (exact) mass is 280 g/mol. The van der Waals surface area contributed by atoms with Crippen LogP contribution in [0.25, 0.3) is 0 Å². The molecular formula is C16H28N2O2. The molecule has 0 aliphatic carbocycles. The molecule has 2 amide bonds. The predicted octanol–water partition coefficient (Wildman–Crippen LogP) is 2.28. The van der Waals surface area contributed by atoms with Crippen molar-refractivity contribution in [2.45, 2.75) is 52.4 Å². The third kappa shape index (κ3) is 3.74. The topological polar surface area (TPSA) is 40.6 Å². The van der Waals surface area contributed by atoms with Gasteiger partial charge in [0.15, 0.2) is 0 Å². The van der Waals surface area contributed by atoms with Gasteiger partial charge in [-0.1, -0.05) is 13.8 Å². The first-order chi connectivity index (χ1) is 9.61. The van der Waals surface area contributed by atoms with E-state index in [0.29, 0.717) is 12.3 Å². The summed E-state index contributed by atoms with van der Waals surface area (Å²) >= 11 is 0. The third-order valence-electron chi connectivity index (χ3n) is 4.76. The van der Waals surface area contributed by atoms with Crippen molar-refractivity contribution in [1.29, 1.82) is 0 Å². The SMILES string of the molecule is CCCC(=O)N1CCC(C(=O)N2CCC(C)CC2)CC1. The molecule has 2 aliphatic rings. The van der Waals surface area contributed by atoms with Gasteiger partial charge < -0.3 is 9.80 Å². The molecule has 0 bridgehead atoms. The smallest absolute Gasteiger partial charge is 0.225 e. The van der Waals surface area contributed by atoms with E-state index in [9.17, 15) is 9.59 Å². The average molecular weight is 280 g/mol. The molecule has 0 radical (unpaired) electrons. The maximum atomic E-state index is 12.5. The van der Waals surface area contributed by atoms with Gasteiger partial charge in [0.05, 0.1) is 0 Å². The van der Waals surface area contributed by atoms with Crippen LogP contribution in [-0.2, 0) is 9.59 Å². The van der Waals surface area contributed by atoms with E-state index in [2.05, 4.69) is 6.92 Å². The van der Waals surface area contributed by atoms with Crippen LogP contribution in [0, 0.1) is 11.8 Å². The van der Waals surface area contributed by atoms with E-state index in [1.807, 2.05) is 16.7 Å². The summed E-state index contributed by atoms with van der Waals surface area (Å²) in [6, 6.07) is 0. The zero-order valence-electron chi connectivity index (χ0n) is 12.9. The van der Waals surface area contributed by atoms with Gasteiger partial charge >= 0.3 is 0 Å². The summed E-state index contributed by atoms with van der Waals surface area (Å²) in [5.74, 6) is 1.49. The van der Waals surface area contributed by atoms with Gasteiger partial charge in [-0.05, 0) is 38.0 Å². The maximum absolute atomic E-state index is 12.5. The van der Waals surface area contributed by atoms with Crippen LogP contribution in [0.2, 0.25) is 0 Å². The zero-order chi connectivity index (χ0) is 14.5. The van der Waals surface area contributed by atoms with Crippen LogP contribution in [0.3, 0.4) is 0 Å². The van der Waals surface area contributed by atoms with E-state index in [4.69, 9.17) is 0 Å².